The molecule has 2 amide bonds. The lowest BCUT2D eigenvalue weighted by atomic mass is 10.2. The van der Waals surface area contributed by atoms with E-state index in [1.165, 1.54) is 4.90 Å². The van der Waals surface area contributed by atoms with Crippen LogP contribution in [-0.4, -0.2) is 29.0 Å². The lowest BCUT2D eigenvalue weighted by molar-refractivity contribution is -0.145. The van der Waals surface area contributed by atoms with E-state index < -0.39 is 11.8 Å². The minimum Gasteiger partial charge on any atom is -0.329 e. The quantitative estimate of drug-likeness (QED) is 0.656. The lowest BCUT2D eigenvalue weighted by Crippen LogP contribution is -2.45. The van der Waals surface area contributed by atoms with Crippen molar-refractivity contribution in [3.8, 4) is 0 Å². The molecule has 23 heavy (non-hydrogen) atoms. The highest BCUT2D eigenvalue weighted by Gasteiger charge is 2.24. The van der Waals surface area contributed by atoms with E-state index in [2.05, 4.69) is 10.9 Å². The molecular weight excluding hydrogens is 310 g/mol. The van der Waals surface area contributed by atoms with Gasteiger partial charge < -0.3 is 4.90 Å². The molecule has 1 aliphatic rings. The van der Waals surface area contributed by atoms with Crippen molar-refractivity contribution in [2.75, 3.05) is 17.7 Å². The van der Waals surface area contributed by atoms with Crippen molar-refractivity contribution in [1.29, 1.82) is 0 Å². The normalized spacial score (nSPS) is 13.7. The van der Waals surface area contributed by atoms with E-state index in [4.69, 9.17) is 0 Å². The molecule has 0 saturated carbocycles. The van der Waals surface area contributed by atoms with Crippen LogP contribution in [0.4, 0.5) is 5.69 Å². The lowest BCUT2D eigenvalue weighted by Gasteiger charge is -2.20. The van der Waals surface area contributed by atoms with Crippen LogP contribution < -0.4 is 10.9 Å². The fraction of sp³-hybridized carbons (Fsp3) is 0.176. The summed E-state index contributed by atoms with van der Waals surface area (Å²) >= 11 is 1.71. The fourth-order valence-corrected chi connectivity index (χ4v) is 3.37. The number of hydrazine groups is 1. The van der Waals surface area contributed by atoms with Gasteiger partial charge in [-0.05, 0) is 23.8 Å². The zero-order chi connectivity index (χ0) is 16.1. The number of carbonyl (C=O) groups excluding carboxylic acids is 2. The monoisotopic (exact) mass is 327 g/mol. The second kappa shape index (κ2) is 7.19. The van der Waals surface area contributed by atoms with Crippen LogP contribution in [0.2, 0.25) is 0 Å². The summed E-state index contributed by atoms with van der Waals surface area (Å²) in [6.45, 7) is 1.01. The van der Waals surface area contributed by atoms with Crippen LogP contribution in [-0.2, 0) is 16.1 Å². The van der Waals surface area contributed by atoms with E-state index in [1.54, 1.807) is 16.7 Å². The van der Waals surface area contributed by atoms with Crippen LogP contribution in [0.25, 0.3) is 0 Å². The Morgan fingerprint density at radius 1 is 1.00 bits per heavy atom. The average Bonchev–Trinajstić information content (AvgIpc) is 2.82. The third-order valence-electron chi connectivity index (χ3n) is 3.53. The van der Waals surface area contributed by atoms with Crippen molar-refractivity contribution in [2.24, 2.45) is 0 Å². The molecule has 6 heteroatoms. The van der Waals surface area contributed by atoms with E-state index in [0.29, 0.717) is 13.1 Å². The molecule has 118 valence electrons. The summed E-state index contributed by atoms with van der Waals surface area (Å²) in [5.41, 5.74) is 7.00. The molecule has 5 nitrogen and oxygen atoms in total. The van der Waals surface area contributed by atoms with Gasteiger partial charge in [0.1, 0.15) is 0 Å². The summed E-state index contributed by atoms with van der Waals surface area (Å²) in [5, 5.41) is 0. The summed E-state index contributed by atoms with van der Waals surface area (Å²) < 4.78 is 0. The number of para-hydroxylation sites is 1. The topological polar surface area (TPSA) is 61.4 Å². The summed E-state index contributed by atoms with van der Waals surface area (Å²) in [4.78, 5) is 27.2. The van der Waals surface area contributed by atoms with Gasteiger partial charge in [0.05, 0.1) is 5.69 Å². The van der Waals surface area contributed by atoms with Crippen LogP contribution in [0.5, 0.6) is 0 Å². The number of anilines is 1. The fourth-order valence-electron chi connectivity index (χ4n) is 2.35. The number of nitrogens with zero attached hydrogens (tertiary/aromatic N) is 1. The molecule has 3 rings (SSSR count). The van der Waals surface area contributed by atoms with Gasteiger partial charge in [-0.2, -0.15) is 0 Å². The number of thioether (sulfide) groups is 1. The minimum atomic E-state index is -0.654. The highest BCUT2D eigenvalue weighted by Crippen LogP contribution is 2.27. The van der Waals surface area contributed by atoms with E-state index >= 15 is 0 Å². The zero-order valence-electron chi connectivity index (χ0n) is 12.5. The molecule has 1 aliphatic heterocycles. The van der Waals surface area contributed by atoms with E-state index in [1.807, 2.05) is 54.6 Å². The van der Waals surface area contributed by atoms with Gasteiger partial charge in [-0.25, -0.2) is 0 Å². The molecule has 1 heterocycles. The molecule has 0 bridgehead atoms. The first-order valence-corrected chi connectivity index (χ1v) is 8.33. The molecule has 2 aromatic carbocycles. The predicted molar refractivity (Wildman–Crippen MR) is 90.8 cm³/mol. The van der Waals surface area contributed by atoms with Crippen molar-refractivity contribution >= 4 is 29.3 Å². The van der Waals surface area contributed by atoms with Crippen molar-refractivity contribution < 1.29 is 9.59 Å². The highest BCUT2D eigenvalue weighted by molar-refractivity contribution is 7.99. The highest BCUT2D eigenvalue weighted by atomic mass is 32.2. The first kappa shape index (κ1) is 15.4. The van der Waals surface area contributed by atoms with Gasteiger partial charge in [0.2, 0.25) is 0 Å². The van der Waals surface area contributed by atoms with Crippen LogP contribution >= 0.6 is 11.8 Å². The Morgan fingerprint density at radius 3 is 2.57 bits per heavy atom. The molecule has 0 atom stereocenters. The molecule has 0 aromatic heterocycles. The minimum absolute atomic E-state index is 0.459. The average molecular weight is 327 g/mol. The standard InChI is InChI=1S/C17H17N3O2S/c21-16(19-18-14-7-2-1-3-8-14)17(22)20-10-11-23-15-9-5-4-6-13(15)12-20/h1-9,18H,10-12H2,(H,19,21). The Kier molecular flexibility index (Phi) is 4.83. The number of hydrogen-bond donors (Lipinski definition) is 2. The molecule has 0 aliphatic carbocycles. The maximum absolute atomic E-state index is 12.3. The van der Waals surface area contributed by atoms with Gasteiger partial charge in [0, 0.05) is 23.7 Å². The zero-order valence-corrected chi connectivity index (χ0v) is 13.3. The number of carbonyl (C=O) groups is 2. The van der Waals surface area contributed by atoms with E-state index in [0.717, 1.165) is 17.0 Å². The Bertz CT molecular complexity index is 706. The van der Waals surface area contributed by atoms with Crippen molar-refractivity contribution in [3.05, 3.63) is 60.2 Å². The predicted octanol–water partition coefficient (Wildman–Crippen LogP) is 2.26. The van der Waals surface area contributed by atoms with Gasteiger partial charge in [-0.15, -0.1) is 11.8 Å². The van der Waals surface area contributed by atoms with Crippen LogP contribution in [0.3, 0.4) is 0 Å². The number of nitrogens with one attached hydrogen (secondary N) is 2. The number of benzene rings is 2. The molecule has 0 spiro atoms. The third-order valence-corrected chi connectivity index (χ3v) is 4.62. The molecule has 0 unspecified atom stereocenters. The van der Waals surface area contributed by atoms with Crippen molar-refractivity contribution in [1.82, 2.24) is 10.3 Å². The van der Waals surface area contributed by atoms with Crippen LogP contribution in [0.1, 0.15) is 5.56 Å². The first-order chi connectivity index (χ1) is 11.2. The molecule has 0 radical (unpaired) electrons. The summed E-state index contributed by atoms with van der Waals surface area (Å²) in [5.74, 6) is -0.397. The van der Waals surface area contributed by atoms with Gasteiger partial charge in [0.15, 0.2) is 0 Å². The van der Waals surface area contributed by atoms with Gasteiger partial charge in [-0.3, -0.25) is 20.4 Å². The van der Waals surface area contributed by atoms with Crippen LogP contribution in [0, 0.1) is 0 Å². The van der Waals surface area contributed by atoms with Gasteiger partial charge >= 0.3 is 11.8 Å². The molecule has 0 fully saturated rings. The molecule has 2 N–H and O–H groups in total. The number of fused-ring (bicyclic) bond motifs is 1. The maximum atomic E-state index is 12.3. The summed E-state index contributed by atoms with van der Waals surface area (Å²) in [6.07, 6.45) is 0. The van der Waals surface area contributed by atoms with E-state index in [9.17, 15) is 9.59 Å². The molecular formula is C17H17N3O2S. The second-order valence-corrected chi connectivity index (χ2v) is 6.26. The number of hydrogen-bond acceptors (Lipinski definition) is 4. The van der Waals surface area contributed by atoms with Crippen molar-refractivity contribution in [2.45, 2.75) is 11.4 Å². The van der Waals surface area contributed by atoms with Crippen molar-refractivity contribution in [3.63, 3.8) is 0 Å². The Labute approximate surface area is 139 Å². The smallest absolute Gasteiger partial charge is 0.327 e. The Balaban J connectivity index is 1.62. The SMILES string of the molecule is O=C(NNc1ccccc1)C(=O)N1CCSc2ccccc2C1. The Morgan fingerprint density at radius 2 is 1.74 bits per heavy atom. The summed E-state index contributed by atoms with van der Waals surface area (Å²) in [6, 6.07) is 17.2. The number of amides is 2. The molecule has 0 saturated heterocycles. The molecule has 2 aromatic rings. The Hall–Kier alpha value is -2.47. The maximum Gasteiger partial charge on any atom is 0.327 e. The van der Waals surface area contributed by atoms with Crippen LogP contribution in [0.15, 0.2) is 59.5 Å². The van der Waals surface area contributed by atoms with Gasteiger partial charge in [0.25, 0.3) is 0 Å². The summed E-state index contributed by atoms with van der Waals surface area (Å²) in [7, 11) is 0. The number of rotatable bonds is 2. The first-order valence-electron chi connectivity index (χ1n) is 7.35. The second-order valence-electron chi connectivity index (χ2n) is 5.13. The third kappa shape index (κ3) is 3.84. The van der Waals surface area contributed by atoms with Gasteiger partial charge in [-0.1, -0.05) is 36.4 Å². The van der Waals surface area contributed by atoms with E-state index in [-0.39, 0.29) is 0 Å². The largest absolute Gasteiger partial charge is 0.329 e.